The van der Waals surface area contributed by atoms with E-state index in [0.29, 0.717) is 6.42 Å². The van der Waals surface area contributed by atoms with Crippen LogP contribution in [-0.4, -0.2) is 41.3 Å². The molecule has 5 nitrogen and oxygen atoms in total. The molecule has 1 aliphatic carbocycles. The number of halogens is 1. The van der Waals surface area contributed by atoms with Crippen LogP contribution in [0.1, 0.15) is 44.1 Å². The van der Waals surface area contributed by atoms with Crippen molar-refractivity contribution in [1.29, 1.82) is 0 Å². The molecule has 138 valence electrons. The van der Waals surface area contributed by atoms with Crippen LogP contribution in [0.2, 0.25) is 0 Å². The Balaban J connectivity index is 2.11. The lowest BCUT2D eigenvalue weighted by molar-refractivity contribution is -0.145. The number of esters is 1. The highest BCUT2D eigenvalue weighted by atomic mass is 127. The molecule has 1 aromatic carbocycles. The van der Waals surface area contributed by atoms with Crippen LogP contribution in [0.3, 0.4) is 0 Å². The number of rotatable bonds is 3. The second-order valence-corrected chi connectivity index (χ2v) is 10.3. The first-order valence-electron chi connectivity index (χ1n) is 8.66. The number of carbonyl (C=O) groups is 1. The molecule has 0 unspecified atom stereocenters. The normalized spacial score (nSPS) is 26.7. The van der Waals surface area contributed by atoms with Crippen LogP contribution in [0.5, 0.6) is 0 Å². The number of benzene rings is 1. The fourth-order valence-corrected chi connectivity index (χ4v) is 7.81. The summed E-state index contributed by atoms with van der Waals surface area (Å²) in [5.41, 5.74) is 0.519. The summed E-state index contributed by atoms with van der Waals surface area (Å²) >= 11 is 2.33. The molecule has 0 N–H and O–H groups in total. The van der Waals surface area contributed by atoms with Crippen molar-refractivity contribution in [3.05, 3.63) is 29.8 Å². The topological polar surface area (TPSA) is 63.7 Å². The summed E-state index contributed by atoms with van der Waals surface area (Å²) in [6.45, 7) is 1.92. The van der Waals surface area contributed by atoms with E-state index in [-0.39, 0.29) is 8.82 Å². The van der Waals surface area contributed by atoms with Gasteiger partial charge < -0.3 is 4.74 Å². The van der Waals surface area contributed by atoms with E-state index in [1.807, 2.05) is 6.92 Å². The molecule has 7 heteroatoms. The van der Waals surface area contributed by atoms with Crippen molar-refractivity contribution in [2.75, 3.05) is 7.11 Å². The number of sulfonamides is 1. The molecule has 1 spiro atoms. The summed E-state index contributed by atoms with van der Waals surface area (Å²) in [6.07, 6.45) is 5.23. The zero-order chi connectivity index (χ0) is 18.2. The number of hydrogen-bond donors (Lipinski definition) is 0. The van der Waals surface area contributed by atoms with Gasteiger partial charge in [-0.15, -0.1) is 0 Å². The van der Waals surface area contributed by atoms with Crippen molar-refractivity contribution >= 4 is 38.6 Å². The van der Waals surface area contributed by atoms with E-state index in [9.17, 15) is 13.2 Å². The van der Waals surface area contributed by atoms with Crippen molar-refractivity contribution in [1.82, 2.24) is 4.31 Å². The van der Waals surface area contributed by atoms with Gasteiger partial charge in [-0.3, -0.25) is 4.79 Å². The summed E-state index contributed by atoms with van der Waals surface area (Å²) < 4.78 is 33.6. The lowest BCUT2D eigenvalue weighted by Crippen LogP contribution is -2.56. The first-order chi connectivity index (χ1) is 11.8. The predicted octanol–water partition coefficient (Wildman–Crippen LogP) is 3.44. The quantitative estimate of drug-likeness (QED) is 0.380. The largest absolute Gasteiger partial charge is 0.468 e. The van der Waals surface area contributed by atoms with E-state index in [1.54, 1.807) is 24.3 Å². The van der Waals surface area contributed by atoms with E-state index in [0.717, 1.165) is 37.7 Å². The number of alkyl halides is 1. The third-order valence-electron chi connectivity index (χ3n) is 5.51. The SMILES string of the molecule is COC(=O)[C@@H]1C[C@H](I)C2(CCCCC2)N1S(=O)(=O)c1ccc(C)cc1. The Labute approximate surface area is 163 Å². The zero-order valence-corrected chi connectivity index (χ0v) is 17.5. The van der Waals surface area contributed by atoms with Gasteiger partial charge in [-0.25, -0.2) is 8.42 Å². The van der Waals surface area contributed by atoms with Crippen molar-refractivity contribution in [3.63, 3.8) is 0 Å². The van der Waals surface area contributed by atoms with Crippen LogP contribution in [0.25, 0.3) is 0 Å². The van der Waals surface area contributed by atoms with Gasteiger partial charge in [-0.1, -0.05) is 59.5 Å². The molecule has 2 atom stereocenters. The van der Waals surface area contributed by atoms with Gasteiger partial charge in [-0.2, -0.15) is 4.31 Å². The fourth-order valence-electron chi connectivity index (χ4n) is 4.22. The lowest BCUT2D eigenvalue weighted by Gasteiger charge is -2.43. The summed E-state index contributed by atoms with van der Waals surface area (Å²) in [4.78, 5) is 12.6. The van der Waals surface area contributed by atoms with Crippen LogP contribution in [0.15, 0.2) is 29.2 Å². The smallest absolute Gasteiger partial charge is 0.324 e. The molecule has 1 saturated carbocycles. The number of methoxy groups -OCH3 is 1. The first kappa shape index (κ1) is 19.1. The maximum Gasteiger partial charge on any atom is 0.324 e. The molecule has 1 aliphatic heterocycles. The molecule has 1 aromatic rings. The Bertz CT molecular complexity index is 741. The molecule has 1 saturated heterocycles. The average molecular weight is 477 g/mol. The van der Waals surface area contributed by atoms with Gasteiger partial charge in [0.15, 0.2) is 0 Å². The van der Waals surface area contributed by atoms with Crippen LogP contribution >= 0.6 is 22.6 Å². The number of ether oxygens (including phenoxy) is 1. The van der Waals surface area contributed by atoms with Gasteiger partial charge in [0.1, 0.15) is 6.04 Å². The van der Waals surface area contributed by atoms with E-state index >= 15 is 0 Å². The monoisotopic (exact) mass is 477 g/mol. The Morgan fingerprint density at radius 2 is 1.80 bits per heavy atom. The van der Waals surface area contributed by atoms with E-state index < -0.39 is 27.6 Å². The Kier molecular flexibility index (Phi) is 5.46. The highest BCUT2D eigenvalue weighted by Gasteiger charge is 2.59. The molecular weight excluding hydrogens is 453 g/mol. The molecule has 2 fully saturated rings. The maximum atomic E-state index is 13.5. The number of aryl methyl sites for hydroxylation is 1. The minimum absolute atomic E-state index is 0.106. The van der Waals surface area contributed by atoms with Gasteiger partial charge in [0.25, 0.3) is 0 Å². The maximum absolute atomic E-state index is 13.5. The van der Waals surface area contributed by atoms with Crippen LogP contribution in [0, 0.1) is 6.92 Å². The molecule has 1 heterocycles. The Morgan fingerprint density at radius 3 is 2.36 bits per heavy atom. The van der Waals surface area contributed by atoms with Gasteiger partial charge in [0.2, 0.25) is 10.0 Å². The van der Waals surface area contributed by atoms with Crippen molar-refractivity contribution in [2.45, 2.75) is 65.8 Å². The fraction of sp³-hybridized carbons (Fsp3) is 0.611. The third-order valence-corrected chi connectivity index (χ3v) is 9.18. The summed E-state index contributed by atoms with van der Waals surface area (Å²) in [7, 11) is -2.45. The standard InChI is InChI=1S/C18H24INO4S/c1-13-6-8-14(9-7-13)25(22,23)20-15(17(21)24-2)12-16(19)18(20)10-4-3-5-11-18/h6-9,15-16H,3-5,10-12H2,1-2H3/t15-,16-/m0/s1. The molecule has 0 aromatic heterocycles. The summed E-state index contributed by atoms with van der Waals surface area (Å²) in [6, 6.07) is 6.12. The predicted molar refractivity (Wildman–Crippen MR) is 104 cm³/mol. The average Bonchev–Trinajstić information content (AvgIpc) is 2.88. The number of nitrogens with zero attached hydrogens (tertiary/aromatic N) is 1. The Morgan fingerprint density at radius 1 is 1.20 bits per heavy atom. The molecule has 0 bridgehead atoms. The molecule has 0 radical (unpaired) electrons. The van der Waals surface area contributed by atoms with Crippen molar-refractivity contribution in [3.8, 4) is 0 Å². The molecular formula is C18H24INO4S. The summed E-state index contributed by atoms with van der Waals surface area (Å²) in [5.74, 6) is -0.459. The third kappa shape index (κ3) is 3.23. The van der Waals surface area contributed by atoms with E-state index in [2.05, 4.69) is 22.6 Å². The number of carbonyl (C=O) groups excluding carboxylic acids is 1. The van der Waals surface area contributed by atoms with Crippen LogP contribution < -0.4 is 0 Å². The van der Waals surface area contributed by atoms with E-state index in [4.69, 9.17) is 4.74 Å². The molecule has 2 aliphatic rings. The highest BCUT2D eigenvalue weighted by molar-refractivity contribution is 14.1. The molecule has 0 amide bonds. The molecule has 25 heavy (non-hydrogen) atoms. The molecule has 3 rings (SSSR count). The van der Waals surface area contributed by atoms with Crippen LogP contribution in [-0.2, 0) is 19.6 Å². The minimum Gasteiger partial charge on any atom is -0.468 e. The number of hydrogen-bond acceptors (Lipinski definition) is 4. The van der Waals surface area contributed by atoms with E-state index in [1.165, 1.54) is 11.4 Å². The van der Waals surface area contributed by atoms with Crippen molar-refractivity contribution in [2.24, 2.45) is 0 Å². The Hall–Kier alpha value is -0.670. The highest BCUT2D eigenvalue weighted by Crippen LogP contribution is 2.50. The second-order valence-electron chi connectivity index (χ2n) is 7.02. The van der Waals surface area contributed by atoms with Crippen LogP contribution in [0.4, 0.5) is 0 Å². The lowest BCUT2D eigenvalue weighted by atomic mass is 9.81. The van der Waals surface area contributed by atoms with Gasteiger partial charge in [0, 0.05) is 9.46 Å². The zero-order valence-electron chi connectivity index (χ0n) is 14.6. The summed E-state index contributed by atoms with van der Waals surface area (Å²) in [5, 5.41) is 0. The van der Waals surface area contributed by atoms with Gasteiger partial charge >= 0.3 is 5.97 Å². The minimum atomic E-state index is -3.77. The second kappa shape index (κ2) is 7.15. The van der Waals surface area contributed by atoms with Crippen molar-refractivity contribution < 1.29 is 17.9 Å². The van der Waals surface area contributed by atoms with Gasteiger partial charge in [-0.05, 0) is 38.3 Å². The first-order valence-corrected chi connectivity index (χ1v) is 11.3. The van der Waals surface area contributed by atoms with Gasteiger partial charge in [0.05, 0.1) is 12.0 Å².